The van der Waals surface area contributed by atoms with E-state index in [4.69, 9.17) is 9.47 Å². The molecular formula is C22H24N4O3. The molecule has 7 heteroatoms. The highest BCUT2D eigenvalue weighted by molar-refractivity contribution is 5.92. The summed E-state index contributed by atoms with van der Waals surface area (Å²) >= 11 is 0. The summed E-state index contributed by atoms with van der Waals surface area (Å²) in [6, 6.07) is 13.4. The number of nitrogens with zero attached hydrogens (tertiary/aromatic N) is 2. The van der Waals surface area contributed by atoms with Gasteiger partial charge in [-0.25, -0.2) is 9.97 Å². The molecule has 0 bridgehead atoms. The van der Waals surface area contributed by atoms with E-state index in [1.165, 1.54) is 11.8 Å². The Morgan fingerprint density at radius 3 is 2.41 bits per heavy atom. The van der Waals surface area contributed by atoms with Crippen LogP contribution in [-0.2, 0) is 0 Å². The third-order valence-corrected chi connectivity index (χ3v) is 4.24. The number of anilines is 2. The van der Waals surface area contributed by atoms with Crippen LogP contribution in [0.4, 0.5) is 11.5 Å². The van der Waals surface area contributed by atoms with Crippen molar-refractivity contribution in [2.24, 2.45) is 0 Å². The van der Waals surface area contributed by atoms with Crippen LogP contribution in [0.5, 0.6) is 11.5 Å². The van der Waals surface area contributed by atoms with Gasteiger partial charge in [0.05, 0.1) is 26.0 Å². The molecule has 0 spiro atoms. The molecule has 0 atom stereocenters. The predicted octanol–water partition coefficient (Wildman–Crippen LogP) is 3.65. The van der Waals surface area contributed by atoms with Crippen molar-refractivity contribution in [1.82, 2.24) is 15.3 Å². The third kappa shape index (κ3) is 5.68. The number of hydrogen-bond acceptors (Lipinski definition) is 6. The van der Waals surface area contributed by atoms with E-state index >= 15 is 0 Å². The molecule has 1 aromatic heterocycles. The zero-order valence-corrected chi connectivity index (χ0v) is 16.7. The fourth-order valence-corrected chi connectivity index (χ4v) is 2.70. The van der Waals surface area contributed by atoms with Crippen molar-refractivity contribution in [3.63, 3.8) is 0 Å². The molecule has 1 amide bonds. The molecule has 3 rings (SSSR count). The number of methoxy groups -OCH3 is 1. The molecule has 0 unspecified atom stereocenters. The number of aryl methyl sites for hydroxylation is 2. The molecule has 1 heterocycles. The minimum atomic E-state index is -0.297. The quantitative estimate of drug-likeness (QED) is 0.569. The summed E-state index contributed by atoms with van der Waals surface area (Å²) in [6.07, 6.45) is 2.99. The first kappa shape index (κ1) is 20.1. The summed E-state index contributed by atoms with van der Waals surface area (Å²) < 4.78 is 10.7. The van der Waals surface area contributed by atoms with E-state index in [0.29, 0.717) is 24.7 Å². The van der Waals surface area contributed by atoms with Gasteiger partial charge in [0.1, 0.15) is 29.6 Å². The predicted molar refractivity (Wildman–Crippen MR) is 112 cm³/mol. The zero-order valence-electron chi connectivity index (χ0n) is 16.7. The number of aromatic nitrogens is 2. The van der Waals surface area contributed by atoms with Gasteiger partial charge in [0.2, 0.25) is 0 Å². The van der Waals surface area contributed by atoms with Crippen LogP contribution in [0.1, 0.15) is 21.6 Å². The minimum Gasteiger partial charge on any atom is -0.497 e. The van der Waals surface area contributed by atoms with Crippen molar-refractivity contribution in [2.45, 2.75) is 13.8 Å². The molecule has 7 nitrogen and oxygen atoms in total. The van der Waals surface area contributed by atoms with Crippen molar-refractivity contribution in [3.8, 4) is 11.5 Å². The van der Waals surface area contributed by atoms with E-state index in [2.05, 4.69) is 26.7 Å². The minimum absolute atomic E-state index is 0.251. The second kappa shape index (κ2) is 9.54. The zero-order chi connectivity index (χ0) is 20.6. The molecule has 29 heavy (non-hydrogen) atoms. The van der Waals surface area contributed by atoms with E-state index in [9.17, 15) is 4.79 Å². The first-order chi connectivity index (χ1) is 14.0. The number of carbonyl (C=O) groups excluding carboxylic acids is 1. The maximum Gasteiger partial charge on any atom is 0.271 e. The van der Waals surface area contributed by atoms with Gasteiger partial charge in [-0.1, -0.05) is 17.7 Å². The summed E-state index contributed by atoms with van der Waals surface area (Å²) in [5.41, 5.74) is 3.52. The van der Waals surface area contributed by atoms with E-state index in [-0.39, 0.29) is 11.6 Å². The second-order valence-corrected chi connectivity index (χ2v) is 6.51. The van der Waals surface area contributed by atoms with E-state index in [1.807, 2.05) is 50.2 Å². The molecule has 0 saturated heterocycles. The lowest BCUT2D eigenvalue weighted by molar-refractivity contribution is 0.0941. The summed E-state index contributed by atoms with van der Waals surface area (Å²) in [7, 11) is 1.61. The Balaban J connectivity index is 1.47. The van der Waals surface area contributed by atoms with Crippen molar-refractivity contribution < 1.29 is 14.3 Å². The fraction of sp³-hybridized carbons (Fsp3) is 0.227. The maximum absolute atomic E-state index is 12.2. The lowest BCUT2D eigenvalue weighted by Crippen LogP contribution is -2.28. The van der Waals surface area contributed by atoms with Gasteiger partial charge in [0, 0.05) is 5.69 Å². The van der Waals surface area contributed by atoms with Crippen LogP contribution in [0.25, 0.3) is 0 Å². The van der Waals surface area contributed by atoms with Gasteiger partial charge in [-0.2, -0.15) is 0 Å². The van der Waals surface area contributed by atoms with Crippen molar-refractivity contribution in [2.75, 3.05) is 25.6 Å². The number of benzene rings is 2. The highest BCUT2D eigenvalue weighted by Crippen LogP contribution is 2.20. The number of rotatable bonds is 8. The molecule has 150 valence electrons. The van der Waals surface area contributed by atoms with Gasteiger partial charge in [0.25, 0.3) is 5.91 Å². The third-order valence-electron chi connectivity index (χ3n) is 4.24. The Labute approximate surface area is 170 Å². The van der Waals surface area contributed by atoms with E-state index in [1.54, 1.807) is 13.3 Å². The van der Waals surface area contributed by atoms with Gasteiger partial charge < -0.3 is 20.1 Å². The number of carbonyl (C=O) groups is 1. The van der Waals surface area contributed by atoms with E-state index in [0.717, 1.165) is 17.0 Å². The van der Waals surface area contributed by atoms with Gasteiger partial charge in [-0.15, -0.1) is 0 Å². The number of ether oxygens (including phenoxy) is 2. The van der Waals surface area contributed by atoms with E-state index < -0.39 is 0 Å². The number of nitrogens with one attached hydrogen (secondary N) is 2. The van der Waals surface area contributed by atoms with Crippen LogP contribution in [-0.4, -0.2) is 36.1 Å². The summed E-state index contributed by atoms with van der Waals surface area (Å²) in [5, 5.41) is 5.97. The first-order valence-corrected chi connectivity index (χ1v) is 9.26. The Bertz CT molecular complexity index is 957. The van der Waals surface area contributed by atoms with Gasteiger partial charge in [-0.05, 0) is 49.7 Å². The average molecular weight is 392 g/mol. The molecule has 0 aliphatic carbocycles. The topological polar surface area (TPSA) is 85.4 Å². The SMILES string of the molecule is COc1ccc(OCCNC(=O)c2cnc(Nc3ccc(C)cc3C)cn2)cc1. The van der Waals surface area contributed by atoms with Crippen molar-refractivity contribution in [3.05, 3.63) is 71.7 Å². The Morgan fingerprint density at radius 1 is 1.00 bits per heavy atom. The second-order valence-electron chi connectivity index (χ2n) is 6.51. The summed E-state index contributed by atoms with van der Waals surface area (Å²) in [5.74, 6) is 1.76. The highest BCUT2D eigenvalue weighted by Gasteiger charge is 2.08. The standard InChI is InChI=1S/C22H24N4O3/c1-15-4-9-19(16(2)12-15)26-21-14-24-20(13-25-21)22(27)23-10-11-29-18-7-5-17(28-3)6-8-18/h4-9,12-14H,10-11H2,1-3H3,(H,23,27)(H,25,26). The van der Waals surface area contributed by atoms with Crippen LogP contribution in [0, 0.1) is 13.8 Å². The Morgan fingerprint density at radius 2 is 1.76 bits per heavy atom. The molecule has 0 saturated carbocycles. The lowest BCUT2D eigenvalue weighted by Gasteiger charge is -2.10. The maximum atomic E-state index is 12.2. The first-order valence-electron chi connectivity index (χ1n) is 9.26. The van der Waals surface area contributed by atoms with Crippen LogP contribution < -0.4 is 20.1 Å². The van der Waals surface area contributed by atoms with Gasteiger partial charge in [-0.3, -0.25) is 4.79 Å². The van der Waals surface area contributed by atoms with Crippen LogP contribution in [0.3, 0.4) is 0 Å². The lowest BCUT2D eigenvalue weighted by atomic mass is 10.1. The molecule has 0 fully saturated rings. The largest absolute Gasteiger partial charge is 0.497 e. The molecule has 0 radical (unpaired) electrons. The summed E-state index contributed by atoms with van der Waals surface area (Å²) in [4.78, 5) is 20.7. The van der Waals surface area contributed by atoms with Crippen LogP contribution >= 0.6 is 0 Å². The average Bonchev–Trinajstić information content (AvgIpc) is 2.74. The molecule has 0 aliphatic rings. The molecule has 2 N–H and O–H groups in total. The monoisotopic (exact) mass is 392 g/mol. The Kier molecular flexibility index (Phi) is 6.63. The molecule has 2 aromatic carbocycles. The van der Waals surface area contributed by atoms with Gasteiger partial charge in [0.15, 0.2) is 0 Å². The normalized spacial score (nSPS) is 10.3. The fourth-order valence-electron chi connectivity index (χ4n) is 2.70. The number of amides is 1. The van der Waals surface area contributed by atoms with Crippen molar-refractivity contribution in [1.29, 1.82) is 0 Å². The van der Waals surface area contributed by atoms with Gasteiger partial charge >= 0.3 is 0 Å². The smallest absolute Gasteiger partial charge is 0.271 e. The highest BCUT2D eigenvalue weighted by atomic mass is 16.5. The molecule has 0 aliphatic heterocycles. The van der Waals surface area contributed by atoms with Crippen molar-refractivity contribution >= 4 is 17.4 Å². The molecular weight excluding hydrogens is 368 g/mol. The Hall–Kier alpha value is -3.61. The summed E-state index contributed by atoms with van der Waals surface area (Å²) in [6.45, 7) is 4.78. The number of hydrogen-bond donors (Lipinski definition) is 2. The molecule has 3 aromatic rings. The van der Waals surface area contributed by atoms with Crippen LogP contribution in [0.2, 0.25) is 0 Å². The van der Waals surface area contributed by atoms with Crippen LogP contribution in [0.15, 0.2) is 54.9 Å².